The molecule has 3 saturated heterocycles. The minimum atomic E-state index is -2.84. The van der Waals surface area contributed by atoms with Gasteiger partial charge in [0.2, 0.25) is 0 Å². The summed E-state index contributed by atoms with van der Waals surface area (Å²) in [5.41, 5.74) is 4.05. The SMILES string of the molecule is CC1(C)CCc2ccc(-c3ccc(OC(F)F)cc3)cc2C1NC(=O)O[C@@H]1CN2CCC1CC2. The van der Waals surface area contributed by atoms with E-state index in [0.29, 0.717) is 5.92 Å². The largest absolute Gasteiger partial charge is 0.445 e. The molecule has 2 aromatic rings. The highest BCUT2D eigenvalue weighted by Gasteiger charge is 2.40. The number of hydrogen-bond acceptors (Lipinski definition) is 4. The maximum absolute atomic E-state index is 13.0. The van der Waals surface area contributed by atoms with Crippen molar-refractivity contribution in [3.63, 3.8) is 0 Å². The van der Waals surface area contributed by atoms with Crippen LogP contribution >= 0.6 is 0 Å². The van der Waals surface area contributed by atoms with Crippen LogP contribution in [0.15, 0.2) is 42.5 Å². The van der Waals surface area contributed by atoms with Crippen molar-refractivity contribution in [1.29, 1.82) is 0 Å². The summed E-state index contributed by atoms with van der Waals surface area (Å²) in [6.07, 6.45) is 3.72. The summed E-state index contributed by atoms with van der Waals surface area (Å²) in [5, 5.41) is 3.20. The number of ether oxygens (including phenoxy) is 2. The van der Waals surface area contributed by atoms with Crippen molar-refractivity contribution in [1.82, 2.24) is 10.2 Å². The Balaban J connectivity index is 1.35. The lowest BCUT2D eigenvalue weighted by molar-refractivity contribution is -0.0498. The lowest BCUT2D eigenvalue weighted by Crippen LogP contribution is -2.53. The molecule has 1 N–H and O–H groups in total. The second-order valence-corrected chi connectivity index (χ2v) is 10.5. The molecule has 1 amide bonds. The van der Waals surface area contributed by atoms with Gasteiger partial charge in [-0.25, -0.2) is 4.79 Å². The molecule has 0 radical (unpaired) electrons. The standard InChI is InChI=1S/C27H32F2N2O3/c1-27(2)12-9-18-3-4-20(17-5-7-21(8-6-17)33-25(28)29)15-22(18)24(27)30-26(32)34-23-16-31-13-10-19(23)11-14-31/h3-8,15,19,23-25H,9-14,16H2,1-2H3,(H,30,32)/t23-,24?/m1/s1. The van der Waals surface area contributed by atoms with Crippen molar-refractivity contribution in [3.05, 3.63) is 53.6 Å². The van der Waals surface area contributed by atoms with Gasteiger partial charge in [0.1, 0.15) is 11.9 Å². The van der Waals surface area contributed by atoms with Gasteiger partial charge in [0.15, 0.2) is 0 Å². The first-order valence-corrected chi connectivity index (χ1v) is 12.2. The van der Waals surface area contributed by atoms with Gasteiger partial charge in [-0.05, 0) is 90.6 Å². The average Bonchev–Trinajstić information content (AvgIpc) is 2.81. The number of aryl methyl sites for hydroxylation is 1. The van der Waals surface area contributed by atoms with Gasteiger partial charge in [-0.1, -0.05) is 38.1 Å². The number of benzene rings is 2. The molecule has 2 aromatic carbocycles. The van der Waals surface area contributed by atoms with E-state index in [1.54, 1.807) is 24.3 Å². The second-order valence-electron chi connectivity index (χ2n) is 10.5. The van der Waals surface area contributed by atoms with E-state index >= 15 is 0 Å². The molecule has 3 aliphatic heterocycles. The van der Waals surface area contributed by atoms with E-state index in [-0.39, 0.29) is 29.4 Å². The number of halogens is 2. The molecular formula is C27H32F2N2O3. The first-order chi connectivity index (χ1) is 16.3. The maximum Gasteiger partial charge on any atom is 0.407 e. The molecule has 4 aliphatic rings. The van der Waals surface area contributed by atoms with Crippen LogP contribution in [0.4, 0.5) is 13.6 Å². The molecule has 1 aliphatic carbocycles. The van der Waals surface area contributed by atoms with Crippen LogP contribution < -0.4 is 10.1 Å². The fraction of sp³-hybridized carbons (Fsp3) is 0.519. The number of hydrogen-bond donors (Lipinski definition) is 1. The smallest absolute Gasteiger partial charge is 0.407 e. The van der Waals surface area contributed by atoms with E-state index in [4.69, 9.17) is 4.74 Å². The number of alkyl carbamates (subject to hydrolysis) is 1. The lowest BCUT2D eigenvalue weighted by atomic mass is 9.70. The Morgan fingerprint density at radius 3 is 2.44 bits per heavy atom. The van der Waals surface area contributed by atoms with Crippen molar-refractivity contribution in [2.75, 3.05) is 19.6 Å². The Labute approximate surface area is 199 Å². The number of carbonyl (C=O) groups excluding carboxylic acids is 1. The number of amides is 1. The molecule has 2 bridgehead atoms. The predicted octanol–water partition coefficient (Wildman–Crippen LogP) is 5.79. The van der Waals surface area contributed by atoms with Crippen LogP contribution in [0.1, 0.15) is 50.3 Å². The second kappa shape index (κ2) is 9.17. The molecule has 1 unspecified atom stereocenters. The van der Waals surface area contributed by atoms with E-state index in [0.717, 1.165) is 62.0 Å². The van der Waals surface area contributed by atoms with Gasteiger partial charge in [0.25, 0.3) is 0 Å². The first-order valence-electron chi connectivity index (χ1n) is 12.2. The average molecular weight is 471 g/mol. The van der Waals surface area contributed by atoms with Gasteiger partial charge in [-0.3, -0.25) is 4.90 Å². The highest BCUT2D eigenvalue weighted by molar-refractivity contribution is 5.70. The molecular weight excluding hydrogens is 438 g/mol. The van der Waals surface area contributed by atoms with Crippen LogP contribution in [0, 0.1) is 11.3 Å². The minimum absolute atomic E-state index is 0.0334. The molecule has 3 heterocycles. The summed E-state index contributed by atoms with van der Waals surface area (Å²) in [4.78, 5) is 15.4. The van der Waals surface area contributed by atoms with E-state index in [1.807, 2.05) is 6.07 Å². The van der Waals surface area contributed by atoms with E-state index < -0.39 is 6.61 Å². The Morgan fingerprint density at radius 2 is 1.79 bits per heavy atom. The predicted molar refractivity (Wildman–Crippen MR) is 126 cm³/mol. The van der Waals surface area contributed by atoms with Crippen molar-refractivity contribution in [2.24, 2.45) is 11.3 Å². The van der Waals surface area contributed by atoms with Gasteiger partial charge in [0.05, 0.1) is 6.04 Å². The van der Waals surface area contributed by atoms with Crippen LogP contribution in [-0.2, 0) is 11.2 Å². The Hall–Kier alpha value is -2.67. The van der Waals surface area contributed by atoms with E-state index in [2.05, 4.69) is 40.9 Å². The van der Waals surface area contributed by atoms with Crippen molar-refractivity contribution in [2.45, 2.75) is 58.3 Å². The zero-order valence-electron chi connectivity index (χ0n) is 19.7. The normalized spacial score (nSPS) is 27.2. The summed E-state index contributed by atoms with van der Waals surface area (Å²) in [6.45, 7) is 4.55. The first kappa shape index (κ1) is 23.1. The fourth-order valence-electron chi connectivity index (χ4n) is 5.73. The molecule has 0 saturated carbocycles. The van der Waals surface area contributed by atoms with Crippen molar-refractivity contribution >= 4 is 6.09 Å². The lowest BCUT2D eigenvalue weighted by Gasteiger charge is -2.44. The number of rotatable bonds is 5. The molecule has 3 fully saturated rings. The van der Waals surface area contributed by atoms with E-state index in [1.165, 1.54) is 5.56 Å². The number of piperidine rings is 3. The van der Waals surface area contributed by atoms with Gasteiger partial charge < -0.3 is 14.8 Å². The summed E-state index contributed by atoms with van der Waals surface area (Å²) < 4.78 is 35.3. The zero-order chi connectivity index (χ0) is 23.9. The highest BCUT2D eigenvalue weighted by Crippen LogP contribution is 2.45. The zero-order valence-corrected chi connectivity index (χ0v) is 19.7. The number of nitrogens with one attached hydrogen (secondary N) is 1. The summed E-state index contributed by atoms with van der Waals surface area (Å²) in [7, 11) is 0. The molecule has 2 atom stereocenters. The maximum atomic E-state index is 13.0. The Kier molecular flexibility index (Phi) is 6.23. The van der Waals surface area contributed by atoms with E-state index in [9.17, 15) is 13.6 Å². The summed E-state index contributed by atoms with van der Waals surface area (Å²) >= 11 is 0. The number of alkyl halides is 2. The van der Waals surface area contributed by atoms with Crippen LogP contribution in [0.5, 0.6) is 5.75 Å². The highest BCUT2D eigenvalue weighted by atomic mass is 19.3. The molecule has 0 aromatic heterocycles. The third kappa shape index (κ3) is 4.76. The molecule has 6 rings (SSSR count). The van der Waals surface area contributed by atoms with Crippen LogP contribution in [-0.4, -0.2) is 43.3 Å². The third-order valence-electron chi connectivity index (χ3n) is 7.81. The van der Waals surface area contributed by atoms with Gasteiger partial charge >= 0.3 is 12.7 Å². The number of carbonyl (C=O) groups is 1. The fourth-order valence-corrected chi connectivity index (χ4v) is 5.73. The molecule has 34 heavy (non-hydrogen) atoms. The van der Waals surface area contributed by atoms with Crippen molar-refractivity contribution in [3.8, 4) is 16.9 Å². The van der Waals surface area contributed by atoms with Crippen LogP contribution in [0.3, 0.4) is 0 Å². The Bertz CT molecular complexity index is 1030. The molecule has 182 valence electrons. The topological polar surface area (TPSA) is 50.8 Å². The summed E-state index contributed by atoms with van der Waals surface area (Å²) in [5.74, 6) is 0.596. The van der Waals surface area contributed by atoms with Crippen LogP contribution in [0.2, 0.25) is 0 Å². The monoisotopic (exact) mass is 470 g/mol. The van der Waals surface area contributed by atoms with Crippen LogP contribution in [0.25, 0.3) is 11.1 Å². The molecule has 5 nitrogen and oxygen atoms in total. The number of fused-ring (bicyclic) bond motifs is 4. The minimum Gasteiger partial charge on any atom is -0.445 e. The molecule has 7 heteroatoms. The Morgan fingerprint density at radius 1 is 1.09 bits per heavy atom. The quantitative estimate of drug-likeness (QED) is 0.601. The summed E-state index contributed by atoms with van der Waals surface area (Å²) in [6, 6.07) is 12.7. The van der Waals surface area contributed by atoms with Gasteiger partial charge in [-0.15, -0.1) is 0 Å². The third-order valence-corrected chi connectivity index (χ3v) is 7.81. The number of nitrogens with zero attached hydrogens (tertiary/aromatic N) is 1. The van der Waals surface area contributed by atoms with Gasteiger partial charge in [-0.2, -0.15) is 8.78 Å². The van der Waals surface area contributed by atoms with Gasteiger partial charge in [0, 0.05) is 6.54 Å². The van der Waals surface area contributed by atoms with Crippen molar-refractivity contribution < 1.29 is 23.0 Å². The molecule has 0 spiro atoms.